The monoisotopic (exact) mass is 240 g/mol. The molecular weight excluding hydrogens is 228 g/mol. The Balaban J connectivity index is 1.68. The second-order valence-corrected chi connectivity index (χ2v) is 4.21. The summed E-state index contributed by atoms with van der Waals surface area (Å²) < 4.78 is 15.7. The van der Waals surface area contributed by atoms with E-state index >= 15 is 0 Å². The maximum absolute atomic E-state index is 10.7. The van der Waals surface area contributed by atoms with E-state index in [1.807, 2.05) is 0 Å². The first-order valence-corrected chi connectivity index (χ1v) is 5.51. The summed E-state index contributed by atoms with van der Waals surface area (Å²) in [5.74, 6) is -0.505. The van der Waals surface area contributed by atoms with Gasteiger partial charge in [0.05, 0.1) is 31.7 Å². The number of nitrogens with zero attached hydrogens (tertiary/aromatic N) is 2. The summed E-state index contributed by atoms with van der Waals surface area (Å²) in [6.07, 6.45) is 0.266. The number of rotatable bonds is 3. The van der Waals surface area contributed by atoms with Crippen molar-refractivity contribution >= 4 is 5.97 Å². The quantitative estimate of drug-likeness (QED) is 0.814. The molecule has 2 heterocycles. The first-order chi connectivity index (χ1) is 8.25. The highest BCUT2D eigenvalue weighted by Gasteiger charge is 2.48. The second-order valence-electron chi connectivity index (χ2n) is 4.21. The van der Waals surface area contributed by atoms with Gasteiger partial charge in [-0.1, -0.05) is 5.16 Å². The molecule has 1 aromatic rings. The Hall–Kier alpha value is -1.47. The van der Waals surface area contributed by atoms with Crippen LogP contribution in [0.2, 0.25) is 0 Å². The number of aromatic nitrogens is 2. The highest BCUT2D eigenvalue weighted by molar-refractivity contribution is 5.74. The minimum absolute atomic E-state index is 0.141. The molecule has 1 aliphatic carbocycles. The summed E-state index contributed by atoms with van der Waals surface area (Å²) in [6.45, 7) is 1.49. The van der Waals surface area contributed by atoms with Gasteiger partial charge in [0.25, 0.3) is 0 Å². The fourth-order valence-corrected chi connectivity index (χ4v) is 1.91. The van der Waals surface area contributed by atoms with Crippen LogP contribution < -0.4 is 0 Å². The molecule has 3 atom stereocenters. The SMILES string of the molecule is O=C(O)C1CC1c1nc(C2COCCO2)no1. The van der Waals surface area contributed by atoms with Crippen LogP contribution in [-0.4, -0.2) is 41.0 Å². The van der Waals surface area contributed by atoms with E-state index in [4.69, 9.17) is 19.1 Å². The Kier molecular flexibility index (Phi) is 2.56. The fraction of sp³-hybridized carbons (Fsp3) is 0.700. The summed E-state index contributed by atoms with van der Waals surface area (Å²) in [5, 5.41) is 12.6. The molecule has 3 rings (SSSR count). The van der Waals surface area contributed by atoms with Crippen molar-refractivity contribution < 1.29 is 23.9 Å². The lowest BCUT2D eigenvalue weighted by Gasteiger charge is -2.19. The van der Waals surface area contributed by atoms with Crippen LogP contribution in [0.3, 0.4) is 0 Å². The fourth-order valence-electron chi connectivity index (χ4n) is 1.91. The zero-order valence-electron chi connectivity index (χ0n) is 9.04. The van der Waals surface area contributed by atoms with E-state index in [1.54, 1.807) is 0 Å². The lowest BCUT2D eigenvalue weighted by molar-refractivity contribution is -0.138. The van der Waals surface area contributed by atoms with Crippen LogP contribution in [0, 0.1) is 5.92 Å². The van der Waals surface area contributed by atoms with E-state index in [-0.39, 0.29) is 17.9 Å². The van der Waals surface area contributed by atoms with Crippen LogP contribution in [0.1, 0.15) is 30.2 Å². The molecule has 92 valence electrons. The van der Waals surface area contributed by atoms with Crippen molar-refractivity contribution in [3.8, 4) is 0 Å². The highest BCUT2D eigenvalue weighted by Crippen LogP contribution is 2.46. The van der Waals surface area contributed by atoms with Crippen LogP contribution >= 0.6 is 0 Å². The van der Waals surface area contributed by atoms with Gasteiger partial charge in [-0.2, -0.15) is 4.98 Å². The predicted molar refractivity (Wildman–Crippen MR) is 52.3 cm³/mol. The van der Waals surface area contributed by atoms with Gasteiger partial charge >= 0.3 is 5.97 Å². The second kappa shape index (κ2) is 4.08. The third-order valence-electron chi connectivity index (χ3n) is 2.99. The van der Waals surface area contributed by atoms with E-state index in [1.165, 1.54) is 0 Å². The highest BCUT2D eigenvalue weighted by atomic mass is 16.6. The molecule has 1 aliphatic heterocycles. The van der Waals surface area contributed by atoms with Crippen molar-refractivity contribution in [1.82, 2.24) is 10.1 Å². The van der Waals surface area contributed by atoms with Crippen LogP contribution in [0.4, 0.5) is 0 Å². The largest absolute Gasteiger partial charge is 0.481 e. The van der Waals surface area contributed by atoms with Gasteiger partial charge in [-0.05, 0) is 6.42 Å². The molecular formula is C10H12N2O5. The predicted octanol–water partition coefficient (Wildman–Crippen LogP) is 0.346. The van der Waals surface area contributed by atoms with Crippen molar-refractivity contribution in [2.45, 2.75) is 18.4 Å². The van der Waals surface area contributed by atoms with E-state index in [0.717, 1.165) is 0 Å². The van der Waals surface area contributed by atoms with Gasteiger partial charge in [0.15, 0.2) is 0 Å². The third kappa shape index (κ3) is 2.03. The Labute approximate surface area is 96.7 Å². The number of hydrogen-bond donors (Lipinski definition) is 1. The van der Waals surface area contributed by atoms with E-state index in [0.29, 0.717) is 38.0 Å². The van der Waals surface area contributed by atoms with Crippen molar-refractivity contribution in [3.05, 3.63) is 11.7 Å². The molecule has 0 amide bonds. The summed E-state index contributed by atoms with van der Waals surface area (Å²) >= 11 is 0. The number of aliphatic carboxylic acids is 1. The number of carboxylic acids is 1. The van der Waals surface area contributed by atoms with Crippen LogP contribution in [-0.2, 0) is 14.3 Å². The van der Waals surface area contributed by atoms with E-state index < -0.39 is 5.97 Å². The molecule has 1 saturated carbocycles. The average Bonchev–Trinajstić information content (AvgIpc) is 3.01. The Morgan fingerprint density at radius 2 is 2.29 bits per heavy atom. The van der Waals surface area contributed by atoms with E-state index in [9.17, 15) is 4.79 Å². The number of carboxylic acid groups (broad SMARTS) is 1. The molecule has 0 aromatic carbocycles. The molecule has 2 fully saturated rings. The van der Waals surface area contributed by atoms with Gasteiger partial charge in [-0.15, -0.1) is 0 Å². The van der Waals surface area contributed by atoms with Gasteiger partial charge in [0.1, 0.15) is 6.10 Å². The molecule has 1 N–H and O–H groups in total. The molecule has 3 unspecified atom stereocenters. The Morgan fingerprint density at radius 1 is 1.41 bits per heavy atom. The minimum Gasteiger partial charge on any atom is -0.481 e. The topological polar surface area (TPSA) is 94.7 Å². The molecule has 0 bridgehead atoms. The van der Waals surface area contributed by atoms with Crippen molar-refractivity contribution in [1.29, 1.82) is 0 Å². The van der Waals surface area contributed by atoms with Gasteiger partial charge in [-0.3, -0.25) is 4.79 Å². The molecule has 2 aliphatic rings. The van der Waals surface area contributed by atoms with Crippen LogP contribution in [0.25, 0.3) is 0 Å². The van der Waals surface area contributed by atoms with Crippen molar-refractivity contribution in [2.24, 2.45) is 5.92 Å². The molecule has 1 saturated heterocycles. The maximum atomic E-state index is 10.7. The Bertz CT molecular complexity index is 426. The number of hydrogen-bond acceptors (Lipinski definition) is 6. The summed E-state index contributed by atoms with van der Waals surface area (Å²) in [7, 11) is 0. The molecule has 0 spiro atoms. The summed E-state index contributed by atoms with van der Waals surface area (Å²) in [6, 6.07) is 0. The lowest BCUT2D eigenvalue weighted by atomic mass is 10.3. The molecule has 0 radical (unpaired) electrons. The average molecular weight is 240 g/mol. The molecule has 1 aromatic heterocycles. The molecule has 17 heavy (non-hydrogen) atoms. The lowest BCUT2D eigenvalue weighted by Crippen LogP contribution is -2.22. The minimum atomic E-state index is -0.813. The first kappa shape index (κ1) is 10.7. The summed E-state index contributed by atoms with van der Waals surface area (Å²) in [5.41, 5.74) is 0. The van der Waals surface area contributed by atoms with Gasteiger partial charge in [0, 0.05) is 0 Å². The summed E-state index contributed by atoms with van der Waals surface area (Å²) in [4.78, 5) is 14.9. The van der Waals surface area contributed by atoms with Crippen LogP contribution in [0.5, 0.6) is 0 Å². The third-order valence-corrected chi connectivity index (χ3v) is 2.99. The van der Waals surface area contributed by atoms with Gasteiger partial charge < -0.3 is 19.1 Å². The van der Waals surface area contributed by atoms with Gasteiger partial charge in [-0.25, -0.2) is 0 Å². The molecule has 7 nitrogen and oxygen atoms in total. The normalized spacial score (nSPS) is 32.4. The number of ether oxygens (including phenoxy) is 2. The van der Waals surface area contributed by atoms with E-state index in [2.05, 4.69) is 10.1 Å². The molecule has 7 heteroatoms. The van der Waals surface area contributed by atoms with Gasteiger partial charge in [0.2, 0.25) is 11.7 Å². The number of carbonyl (C=O) groups is 1. The standard InChI is InChI=1S/C10H12N2O5/c13-10(14)6-3-5(6)9-11-8(12-17-9)7-4-15-1-2-16-7/h5-7H,1-4H2,(H,13,14). The maximum Gasteiger partial charge on any atom is 0.307 e. The first-order valence-electron chi connectivity index (χ1n) is 5.51. The zero-order chi connectivity index (χ0) is 11.8. The Morgan fingerprint density at radius 3 is 2.94 bits per heavy atom. The zero-order valence-corrected chi connectivity index (χ0v) is 9.04. The van der Waals surface area contributed by atoms with Crippen molar-refractivity contribution in [2.75, 3.05) is 19.8 Å². The van der Waals surface area contributed by atoms with Crippen LogP contribution in [0.15, 0.2) is 4.52 Å². The van der Waals surface area contributed by atoms with Crippen molar-refractivity contribution in [3.63, 3.8) is 0 Å². The smallest absolute Gasteiger partial charge is 0.307 e.